The van der Waals surface area contributed by atoms with E-state index in [1.165, 1.54) is 0 Å². The Balaban J connectivity index is 2.08. The Kier molecular flexibility index (Phi) is 4.53. The number of carbonyl (C=O) groups excluding carboxylic acids is 1. The van der Waals surface area contributed by atoms with Crippen LogP contribution < -0.4 is 0 Å². The summed E-state index contributed by atoms with van der Waals surface area (Å²) in [6.07, 6.45) is 2.40. The number of halogens is 1. The van der Waals surface area contributed by atoms with Gasteiger partial charge in [0, 0.05) is 17.3 Å². The highest BCUT2D eigenvalue weighted by molar-refractivity contribution is 9.10. The molecule has 0 aliphatic heterocycles. The molecule has 0 spiro atoms. The van der Waals surface area contributed by atoms with E-state index in [9.17, 15) is 10.1 Å². The second-order valence-electron chi connectivity index (χ2n) is 4.13. The van der Waals surface area contributed by atoms with Crippen LogP contribution in [0.15, 0.2) is 51.6 Å². The highest BCUT2D eigenvalue weighted by Crippen LogP contribution is 2.26. The van der Waals surface area contributed by atoms with Crippen molar-refractivity contribution in [3.05, 3.63) is 58.5 Å². The third kappa shape index (κ3) is 3.33. The average Bonchev–Trinajstić information content (AvgIpc) is 2.92. The van der Waals surface area contributed by atoms with Crippen LogP contribution in [0.3, 0.4) is 0 Å². The van der Waals surface area contributed by atoms with E-state index in [2.05, 4.69) is 22.0 Å². The van der Waals surface area contributed by atoms with Crippen LogP contribution in [0.2, 0.25) is 0 Å². The van der Waals surface area contributed by atoms with Crippen molar-refractivity contribution in [1.82, 2.24) is 0 Å². The predicted molar refractivity (Wildman–Crippen MR) is 74.5 cm³/mol. The molecule has 0 bridgehead atoms. The Morgan fingerprint density at radius 1 is 1.32 bits per heavy atom. The van der Waals surface area contributed by atoms with Gasteiger partial charge in [0.1, 0.15) is 11.7 Å². The van der Waals surface area contributed by atoms with Crippen molar-refractivity contribution in [3.8, 4) is 6.07 Å². The van der Waals surface area contributed by atoms with Gasteiger partial charge in [-0.25, -0.2) is 0 Å². The van der Waals surface area contributed by atoms with Gasteiger partial charge >= 0.3 is 0 Å². The summed E-state index contributed by atoms with van der Waals surface area (Å²) in [6.45, 7) is 0. The summed E-state index contributed by atoms with van der Waals surface area (Å²) in [5, 5.41) is 9.22. The molecular formula is C15H12BrNO2. The molecule has 0 aliphatic rings. The number of aryl methyl sites for hydroxylation is 1. The lowest BCUT2D eigenvalue weighted by molar-refractivity contribution is -0.119. The molecule has 1 heterocycles. The fourth-order valence-electron chi connectivity index (χ4n) is 1.87. The van der Waals surface area contributed by atoms with Gasteiger partial charge in [0.2, 0.25) is 0 Å². The van der Waals surface area contributed by atoms with Crippen LogP contribution in [0, 0.1) is 11.3 Å². The summed E-state index contributed by atoms with van der Waals surface area (Å²) in [5.74, 6) is -0.0616. The second-order valence-corrected chi connectivity index (χ2v) is 4.98. The maximum atomic E-state index is 12.1. The molecule has 1 aromatic carbocycles. The van der Waals surface area contributed by atoms with E-state index in [0.717, 1.165) is 15.8 Å². The molecule has 19 heavy (non-hydrogen) atoms. The van der Waals surface area contributed by atoms with Crippen molar-refractivity contribution < 1.29 is 9.21 Å². The normalized spacial score (nSPS) is 11.8. The van der Waals surface area contributed by atoms with E-state index in [4.69, 9.17) is 4.42 Å². The first-order valence-electron chi connectivity index (χ1n) is 5.91. The molecule has 0 saturated heterocycles. The molecule has 96 valence electrons. The lowest BCUT2D eigenvalue weighted by Crippen LogP contribution is -2.12. The van der Waals surface area contributed by atoms with E-state index in [-0.39, 0.29) is 5.78 Å². The lowest BCUT2D eigenvalue weighted by Gasteiger charge is -2.09. The number of Topliss-reactive ketones (excluding diaryl/α,β-unsaturated/α-hetero) is 1. The van der Waals surface area contributed by atoms with Crippen molar-refractivity contribution in [2.45, 2.75) is 18.8 Å². The predicted octanol–water partition coefficient (Wildman–Crippen LogP) is 3.85. The monoisotopic (exact) mass is 317 g/mol. The molecule has 3 nitrogen and oxygen atoms in total. The SMILES string of the molecule is N#CC(C(=O)CCc1ccco1)c1ccccc1Br. The second kappa shape index (κ2) is 6.35. The van der Waals surface area contributed by atoms with Gasteiger partial charge in [-0.3, -0.25) is 4.79 Å². The summed E-state index contributed by atoms with van der Waals surface area (Å²) >= 11 is 3.37. The van der Waals surface area contributed by atoms with Crippen LogP contribution >= 0.6 is 15.9 Å². The van der Waals surface area contributed by atoms with Crippen molar-refractivity contribution in [2.75, 3.05) is 0 Å². The highest BCUT2D eigenvalue weighted by atomic mass is 79.9. The quantitative estimate of drug-likeness (QED) is 0.841. The number of furan rings is 1. The first-order valence-corrected chi connectivity index (χ1v) is 6.71. The molecule has 0 N–H and O–H groups in total. The Hall–Kier alpha value is -1.86. The lowest BCUT2D eigenvalue weighted by atomic mass is 9.93. The van der Waals surface area contributed by atoms with Crippen molar-refractivity contribution in [1.29, 1.82) is 5.26 Å². The van der Waals surface area contributed by atoms with E-state index < -0.39 is 5.92 Å². The van der Waals surface area contributed by atoms with Gasteiger partial charge in [0.15, 0.2) is 5.78 Å². The first-order chi connectivity index (χ1) is 9.22. The molecule has 4 heteroatoms. The fourth-order valence-corrected chi connectivity index (χ4v) is 2.38. The molecule has 1 atom stereocenters. The summed E-state index contributed by atoms with van der Waals surface area (Å²) in [7, 11) is 0. The summed E-state index contributed by atoms with van der Waals surface area (Å²) in [4.78, 5) is 12.1. The minimum atomic E-state index is -0.731. The molecule has 1 aromatic heterocycles. The molecule has 1 unspecified atom stereocenters. The van der Waals surface area contributed by atoms with Crippen LogP contribution in [0.1, 0.15) is 23.7 Å². The maximum Gasteiger partial charge on any atom is 0.154 e. The van der Waals surface area contributed by atoms with E-state index in [1.807, 2.05) is 24.3 Å². The van der Waals surface area contributed by atoms with Crippen molar-refractivity contribution in [2.24, 2.45) is 0 Å². The number of hydrogen-bond acceptors (Lipinski definition) is 3. The fraction of sp³-hybridized carbons (Fsp3) is 0.200. The van der Waals surface area contributed by atoms with Crippen LogP contribution in [0.4, 0.5) is 0 Å². The third-order valence-corrected chi connectivity index (χ3v) is 3.59. The number of hydrogen-bond donors (Lipinski definition) is 0. The Morgan fingerprint density at radius 2 is 2.11 bits per heavy atom. The minimum absolute atomic E-state index is 0.0919. The molecule has 0 amide bonds. The van der Waals surface area contributed by atoms with E-state index in [1.54, 1.807) is 18.4 Å². The summed E-state index contributed by atoms with van der Waals surface area (Å²) in [6, 6.07) is 13.0. The van der Waals surface area contributed by atoms with Crippen molar-refractivity contribution in [3.63, 3.8) is 0 Å². The van der Waals surface area contributed by atoms with Crippen molar-refractivity contribution >= 4 is 21.7 Å². The summed E-state index contributed by atoms with van der Waals surface area (Å²) in [5.41, 5.74) is 0.717. The topological polar surface area (TPSA) is 54.0 Å². The largest absolute Gasteiger partial charge is 0.469 e. The van der Waals surface area contributed by atoms with Gasteiger partial charge in [-0.15, -0.1) is 0 Å². The van der Waals surface area contributed by atoms with Crippen LogP contribution in [0.25, 0.3) is 0 Å². The Morgan fingerprint density at radius 3 is 2.74 bits per heavy atom. The number of nitrogens with zero attached hydrogens (tertiary/aromatic N) is 1. The molecule has 0 aliphatic carbocycles. The maximum absolute atomic E-state index is 12.1. The van der Waals surface area contributed by atoms with E-state index >= 15 is 0 Å². The van der Waals surface area contributed by atoms with Gasteiger partial charge in [-0.1, -0.05) is 34.1 Å². The smallest absolute Gasteiger partial charge is 0.154 e. The number of benzene rings is 1. The standard InChI is InChI=1S/C15H12BrNO2/c16-14-6-2-1-5-12(14)13(10-17)15(18)8-7-11-4-3-9-19-11/h1-6,9,13H,7-8H2. The number of nitriles is 1. The Labute approximate surface area is 120 Å². The van der Waals surface area contributed by atoms with Crippen LogP contribution in [0.5, 0.6) is 0 Å². The zero-order chi connectivity index (χ0) is 13.7. The average molecular weight is 318 g/mol. The molecule has 0 saturated carbocycles. The highest BCUT2D eigenvalue weighted by Gasteiger charge is 2.21. The first kappa shape index (κ1) is 13.6. The number of carbonyl (C=O) groups is 1. The van der Waals surface area contributed by atoms with Gasteiger partial charge in [0.05, 0.1) is 12.3 Å². The Bertz CT molecular complexity index is 599. The van der Waals surface area contributed by atoms with Crippen LogP contribution in [-0.4, -0.2) is 5.78 Å². The minimum Gasteiger partial charge on any atom is -0.469 e. The number of ketones is 1. The van der Waals surface area contributed by atoms with Crippen LogP contribution in [-0.2, 0) is 11.2 Å². The van der Waals surface area contributed by atoms with Gasteiger partial charge in [-0.05, 0) is 23.8 Å². The zero-order valence-electron chi connectivity index (χ0n) is 10.2. The van der Waals surface area contributed by atoms with Gasteiger partial charge < -0.3 is 4.42 Å². The van der Waals surface area contributed by atoms with Gasteiger partial charge in [0.25, 0.3) is 0 Å². The van der Waals surface area contributed by atoms with Gasteiger partial charge in [-0.2, -0.15) is 5.26 Å². The molecule has 2 aromatic rings. The number of rotatable bonds is 5. The summed E-state index contributed by atoms with van der Waals surface area (Å²) < 4.78 is 5.97. The molecule has 2 rings (SSSR count). The molecular weight excluding hydrogens is 306 g/mol. The third-order valence-electron chi connectivity index (χ3n) is 2.87. The zero-order valence-corrected chi connectivity index (χ0v) is 11.8. The molecule has 0 fully saturated rings. The molecule has 0 radical (unpaired) electrons. The van der Waals surface area contributed by atoms with E-state index in [0.29, 0.717) is 12.8 Å².